The van der Waals surface area contributed by atoms with E-state index in [0.717, 1.165) is 52.9 Å². The first-order valence-electron chi connectivity index (χ1n) is 11.8. The van der Waals surface area contributed by atoms with Crippen LogP contribution in [0.5, 0.6) is 0 Å². The molecule has 0 radical (unpaired) electrons. The molecule has 1 aliphatic carbocycles. The van der Waals surface area contributed by atoms with Crippen LogP contribution in [0.25, 0.3) is 22.1 Å². The average Bonchev–Trinajstić information content (AvgIpc) is 3.36. The van der Waals surface area contributed by atoms with Crippen LogP contribution in [0.3, 0.4) is 0 Å². The molecule has 4 aromatic rings. The van der Waals surface area contributed by atoms with Crippen LogP contribution in [0.2, 0.25) is 0 Å². The number of carbonyl (C=O) groups is 1. The van der Waals surface area contributed by atoms with Crippen molar-refractivity contribution >= 4 is 16.9 Å². The molecule has 6 rings (SSSR count). The lowest BCUT2D eigenvalue weighted by molar-refractivity contribution is 0.0816. The van der Waals surface area contributed by atoms with Gasteiger partial charge in [-0.25, -0.2) is 0 Å². The molecule has 0 fully saturated rings. The minimum atomic E-state index is 0.107. The summed E-state index contributed by atoms with van der Waals surface area (Å²) in [6.45, 7) is 2.91. The highest BCUT2D eigenvalue weighted by Gasteiger charge is 2.28. The molecule has 0 saturated heterocycles. The normalized spacial score (nSPS) is 18.4. The molecule has 3 aromatic carbocycles. The Kier molecular flexibility index (Phi) is 4.84. The molecule has 4 heteroatoms. The lowest BCUT2D eigenvalue weighted by Gasteiger charge is -2.26. The Morgan fingerprint density at radius 2 is 1.82 bits per heavy atom. The van der Waals surface area contributed by atoms with Crippen molar-refractivity contribution in [2.75, 3.05) is 7.05 Å². The lowest BCUT2D eigenvalue weighted by Crippen LogP contribution is -2.27. The lowest BCUT2D eigenvalue weighted by atomic mass is 9.90. The van der Waals surface area contributed by atoms with Crippen molar-refractivity contribution in [1.29, 1.82) is 0 Å². The zero-order valence-electron chi connectivity index (χ0n) is 19.1. The van der Waals surface area contributed by atoms with Gasteiger partial charge in [0.05, 0.1) is 6.04 Å². The van der Waals surface area contributed by atoms with Crippen LogP contribution < -0.4 is 5.32 Å². The molecule has 1 amide bonds. The number of hydrogen-bond acceptors (Lipinski definition) is 3. The predicted octanol–water partition coefficient (Wildman–Crippen LogP) is 6.41. The van der Waals surface area contributed by atoms with E-state index in [1.54, 1.807) is 4.90 Å². The van der Waals surface area contributed by atoms with Gasteiger partial charge in [0, 0.05) is 36.1 Å². The molecule has 2 aliphatic rings. The third-order valence-corrected chi connectivity index (χ3v) is 7.24. The second-order valence-corrected chi connectivity index (χ2v) is 9.43. The largest absolute Gasteiger partial charge is 0.459 e. The van der Waals surface area contributed by atoms with Crippen molar-refractivity contribution in [3.8, 4) is 11.1 Å². The Bertz CT molecular complexity index is 1360. The number of fused-ring (bicyclic) bond motifs is 4. The van der Waals surface area contributed by atoms with Gasteiger partial charge >= 0.3 is 0 Å². The Balaban J connectivity index is 1.34. The van der Waals surface area contributed by atoms with Gasteiger partial charge in [0.1, 0.15) is 11.3 Å². The van der Waals surface area contributed by atoms with E-state index >= 15 is 0 Å². The molecule has 33 heavy (non-hydrogen) atoms. The number of aryl methyl sites for hydroxylation is 1. The first-order chi connectivity index (χ1) is 16.1. The zero-order valence-corrected chi connectivity index (χ0v) is 19.1. The minimum absolute atomic E-state index is 0.107. The van der Waals surface area contributed by atoms with E-state index in [9.17, 15) is 4.79 Å². The first-order valence-corrected chi connectivity index (χ1v) is 11.8. The molecule has 0 saturated carbocycles. The van der Waals surface area contributed by atoms with E-state index in [4.69, 9.17) is 4.42 Å². The fraction of sp³-hybridized carbons (Fsp3) is 0.276. The van der Waals surface area contributed by atoms with Crippen LogP contribution in [0.1, 0.15) is 64.7 Å². The fourth-order valence-electron chi connectivity index (χ4n) is 5.43. The summed E-state index contributed by atoms with van der Waals surface area (Å²) in [4.78, 5) is 14.2. The van der Waals surface area contributed by atoms with Crippen LogP contribution in [0, 0.1) is 0 Å². The summed E-state index contributed by atoms with van der Waals surface area (Å²) >= 11 is 0. The van der Waals surface area contributed by atoms with Crippen molar-refractivity contribution in [3.05, 3.63) is 94.7 Å². The molecule has 1 N–H and O–H groups in total. The Morgan fingerprint density at radius 3 is 2.67 bits per heavy atom. The number of nitrogens with one attached hydrogen (secondary N) is 1. The molecular weight excluding hydrogens is 408 g/mol. The summed E-state index contributed by atoms with van der Waals surface area (Å²) in [6.07, 6.45) is 3.26. The van der Waals surface area contributed by atoms with Gasteiger partial charge in [-0.05, 0) is 66.6 Å². The quantitative estimate of drug-likeness (QED) is 0.402. The smallest absolute Gasteiger partial charge is 0.254 e. The van der Waals surface area contributed by atoms with Crippen molar-refractivity contribution in [2.45, 2.75) is 44.8 Å². The van der Waals surface area contributed by atoms with Crippen LogP contribution in [-0.4, -0.2) is 17.9 Å². The van der Waals surface area contributed by atoms with E-state index in [1.165, 1.54) is 16.5 Å². The molecule has 1 unspecified atom stereocenters. The summed E-state index contributed by atoms with van der Waals surface area (Å²) in [5.74, 6) is 1.19. The standard InChI is InChI=1S/C29H28N2O2/c1-18(19-7-4-3-5-8-19)30-26-10-6-9-23-25-16-21(13-14-27(25)33-28(23)26)20-11-12-22-17-31(2)29(32)24(22)15-20/h3-5,7-8,11-16,18,26,30H,6,9-10,17H2,1-2H3/t18-,26?/m1/s1. The second-order valence-electron chi connectivity index (χ2n) is 9.43. The molecule has 0 bridgehead atoms. The molecule has 166 valence electrons. The number of hydrogen-bond donors (Lipinski definition) is 1. The highest BCUT2D eigenvalue weighted by molar-refractivity contribution is 5.99. The van der Waals surface area contributed by atoms with Gasteiger partial charge in [-0.15, -0.1) is 0 Å². The fourth-order valence-corrected chi connectivity index (χ4v) is 5.43. The van der Waals surface area contributed by atoms with E-state index in [-0.39, 0.29) is 18.0 Å². The molecule has 2 atom stereocenters. The molecule has 2 heterocycles. The van der Waals surface area contributed by atoms with Gasteiger partial charge in [0.15, 0.2) is 0 Å². The molecular formula is C29H28N2O2. The van der Waals surface area contributed by atoms with Crippen LogP contribution in [0.15, 0.2) is 71.1 Å². The topological polar surface area (TPSA) is 45.5 Å². The predicted molar refractivity (Wildman–Crippen MR) is 131 cm³/mol. The number of rotatable bonds is 4. The summed E-state index contributed by atoms with van der Waals surface area (Å²) in [6, 6.07) is 23.8. The Hall–Kier alpha value is -3.37. The number of nitrogens with zero attached hydrogens (tertiary/aromatic N) is 1. The number of amides is 1. The van der Waals surface area contributed by atoms with E-state index in [0.29, 0.717) is 6.54 Å². The summed E-state index contributed by atoms with van der Waals surface area (Å²) in [5, 5.41) is 5.00. The number of benzene rings is 3. The highest BCUT2D eigenvalue weighted by atomic mass is 16.3. The first kappa shape index (κ1) is 20.3. The molecule has 1 aliphatic heterocycles. The second kappa shape index (κ2) is 7.89. The monoisotopic (exact) mass is 436 g/mol. The molecule has 0 spiro atoms. The highest BCUT2D eigenvalue weighted by Crippen LogP contribution is 2.40. The maximum atomic E-state index is 12.5. The van der Waals surface area contributed by atoms with Crippen molar-refractivity contribution in [1.82, 2.24) is 10.2 Å². The van der Waals surface area contributed by atoms with Crippen LogP contribution in [0.4, 0.5) is 0 Å². The number of furan rings is 1. The zero-order chi connectivity index (χ0) is 22.5. The van der Waals surface area contributed by atoms with Gasteiger partial charge in [0.25, 0.3) is 5.91 Å². The number of carbonyl (C=O) groups excluding carboxylic acids is 1. The van der Waals surface area contributed by atoms with Crippen LogP contribution in [-0.2, 0) is 13.0 Å². The van der Waals surface area contributed by atoms with Gasteiger partial charge in [-0.2, -0.15) is 0 Å². The third-order valence-electron chi connectivity index (χ3n) is 7.24. The maximum absolute atomic E-state index is 12.5. The summed E-state index contributed by atoms with van der Waals surface area (Å²) < 4.78 is 6.41. The van der Waals surface area contributed by atoms with Gasteiger partial charge in [0.2, 0.25) is 0 Å². The van der Waals surface area contributed by atoms with E-state index in [2.05, 4.69) is 72.9 Å². The third kappa shape index (κ3) is 3.46. The molecule has 4 nitrogen and oxygen atoms in total. The Morgan fingerprint density at radius 1 is 1.03 bits per heavy atom. The molecule has 1 aromatic heterocycles. The van der Waals surface area contributed by atoms with Crippen molar-refractivity contribution < 1.29 is 9.21 Å². The SMILES string of the molecule is C[C@@H](NC1CCCc2c1oc1ccc(-c3ccc4c(c3)C(=O)N(C)C4)cc21)c1ccccc1. The summed E-state index contributed by atoms with van der Waals surface area (Å²) in [7, 11) is 1.86. The van der Waals surface area contributed by atoms with E-state index < -0.39 is 0 Å². The van der Waals surface area contributed by atoms with Gasteiger partial charge < -0.3 is 14.6 Å². The summed E-state index contributed by atoms with van der Waals surface area (Å²) in [5.41, 5.74) is 7.70. The van der Waals surface area contributed by atoms with Crippen molar-refractivity contribution in [2.24, 2.45) is 0 Å². The minimum Gasteiger partial charge on any atom is -0.459 e. The Labute approximate surface area is 194 Å². The average molecular weight is 437 g/mol. The van der Waals surface area contributed by atoms with Gasteiger partial charge in [-0.1, -0.05) is 48.5 Å². The van der Waals surface area contributed by atoms with Crippen LogP contribution >= 0.6 is 0 Å². The van der Waals surface area contributed by atoms with Gasteiger partial charge in [-0.3, -0.25) is 4.79 Å². The van der Waals surface area contributed by atoms with E-state index in [1.807, 2.05) is 13.1 Å². The maximum Gasteiger partial charge on any atom is 0.254 e. The van der Waals surface area contributed by atoms with Crippen molar-refractivity contribution in [3.63, 3.8) is 0 Å².